The highest BCUT2D eigenvalue weighted by Crippen LogP contribution is 2.08. The van der Waals surface area contributed by atoms with E-state index in [9.17, 15) is 9.59 Å². The van der Waals surface area contributed by atoms with Crippen molar-refractivity contribution in [2.75, 3.05) is 0 Å². The molecule has 0 aliphatic heterocycles. The van der Waals surface area contributed by atoms with Gasteiger partial charge in [0.2, 0.25) is 0 Å². The summed E-state index contributed by atoms with van der Waals surface area (Å²) >= 11 is 0. The maximum Gasteiger partial charge on any atom is 0.310 e. The second-order valence-corrected chi connectivity index (χ2v) is 3.81. The van der Waals surface area contributed by atoms with Gasteiger partial charge in [-0.1, -0.05) is 30.3 Å². The summed E-state index contributed by atoms with van der Waals surface area (Å²) in [5.41, 5.74) is 2.61. The van der Waals surface area contributed by atoms with Crippen LogP contribution in [0.3, 0.4) is 0 Å². The number of nitrogens with one attached hydrogen (secondary N) is 2. The molecule has 1 aromatic heterocycles. The fourth-order valence-electron chi connectivity index (χ4n) is 1.51. The number of hydrogen-bond acceptors (Lipinski definition) is 4. The standard InChI is InChI=1S/C13H12N2O4/c16-12(14-7-9-4-2-1-3-5-9)10-6-11(19-8-10)13(17)15-18/h1-6,8,18H,7H2,(H,14,16)(H,15,17). The van der Waals surface area contributed by atoms with Crippen molar-refractivity contribution >= 4 is 11.8 Å². The van der Waals surface area contributed by atoms with Gasteiger partial charge in [-0.2, -0.15) is 0 Å². The Morgan fingerprint density at radius 1 is 1.16 bits per heavy atom. The summed E-state index contributed by atoms with van der Waals surface area (Å²) in [5, 5.41) is 11.1. The van der Waals surface area contributed by atoms with Gasteiger partial charge in [-0.05, 0) is 5.56 Å². The highest BCUT2D eigenvalue weighted by Gasteiger charge is 2.14. The molecule has 0 unspecified atom stereocenters. The Morgan fingerprint density at radius 2 is 1.89 bits per heavy atom. The van der Waals surface area contributed by atoms with Crippen LogP contribution in [-0.4, -0.2) is 17.0 Å². The minimum Gasteiger partial charge on any atom is -0.458 e. The van der Waals surface area contributed by atoms with Crippen molar-refractivity contribution in [3.63, 3.8) is 0 Å². The molecular weight excluding hydrogens is 248 g/mol. The van der Waals surface area contributed by atoms with Crippen LogP contribution in [0.25, 0.3) is 0 Å². The predicted molar refractivity (Wildman–Crippen MR) is 65.6 cm³/mol. The van der Waals surface area contributed by atoms with Gasteiger partial charge in [-0.3, -0.25) is 14.8 Å². The van der Waals surface area contributed by atoms with E-state index in [0.29, 0.717) is 6.54 Å². The van der Waals surface area contributed by atoms with Crippen molar-refractivity contribution in [3.05, 3.63) is 59.5 Å². The van der Waals surface area contributed by atoms with E-state index in [0.717, 1.165) is 11.8 Å². The van der Waals surface area contributed by atoms with Crippen molar-refractivity contribution in [3.8, 4) is 0 Å². The maximum atomic E-state index is 11.8. The monoisotopic (exact) mass is 260 g/mol. The van der Waals surface area contributed by atoms with Crippen LogP contribution in [0.4, 0.5) is 0 Å². The molecule has 2 rings (SSSR count). The Bertz CT molecular complexity index is 577. The number of benzene rings is 1. The molecule has 0 aliphatic carbocycles. The van der Waals surface area contributed by atoms with E-state index in [2.05, 4.69) is 5.32 Å². The lowest BCUT2D eigenvalue weighted by molar-refractivity contribution is 0.0676. The molecule has 1 aromatic carbocycles. The normalized spacial score (nSPS) is 9.95. The fraction of sp³-hybridized carbons (Fsp3) is 0.0769. The zero-order valence-electron chi connectivity index (χ0n) is 9.92. The molecule has 1 heterocycles. The van der Waals surface area contributed by atoms with Crippen LogP contribution in [0.1, 0.15) is 26.5 Å². The Balaban J connectivity index is 1.97. The van der Waals surface area contributed by atoms with Gasteiger partial charge >= 0.3 is 5.91 Å². The molecule has 0 atom stereocenters. The third kappa shape index (κ3) is 3.20. The van der Waals surface area contributed by atoms with E-state index in [1.165, 1.54) is 11.5 Å². The molecule has 0 saturated carbocycles. The molecule has 0 radical (unpaired) electrons. The summed E-state index contributed by atoms with van der Waals surface area (Å²) in [7, 11) is 0. The minimum absolute atomic E-state index is 0.132. The third-order valence-corrected chi connectivity index (χ3v) is 2.48. The van der Waals surface area contributed by atoms with E-state index in [4.69, 9.17) is 9.62 Å². The van der Waals surface area contributed by atoms with E-state index in [1.54, 1.807) is 0 Å². The highest BCUT2D eigenvalue weighted by molar-refractivity contribution is 5.97. The van der Waals surface area contributed by atoms with Gasteiger partial charge in [0.1, 0.15) is 6.26 Å². The van der Waals surface area contributed by atoms with Crippen molar-refractivity contribution < 1.29 is 19.2 Å². The number of hydrogen-bond donors (Lipinski definition) is 3. The fourth-order valence-corrected chi connectivity index (χ4v) is 1.51. The maximum absolute atomic E-state index is 11.8. The van der Waals surface area contributed by atoms with Gasteiger partial charge in [0.05, 0.1) is 5.56 Å². The molecule has 0 fully saturated rings. The van der Waals surface area contributed by atoms with Gasteiger partial charge in [-0.25, -0.2) is 5.48 Å². The summed E-state index contributed by atoms with van der Waals surface area (Å²) in [6.45, 7) is 0.381. The second-order valence-electron chi connectivity index (χ2n) is 3.81. The van der Waals surface area contributed by atoms with Gasteiger partial charge in [0, 0.05) is 12.6 Å². The zero-order chi connectivity index (χ0) is 13.7. The lowest BCUT2D eigenvalue weighted by Gasteiger charge is -2.02. The first kappa shape index (κ1) is 12.8. The lowest BCUT2D eigenvalue weighted by Crippen LogP contribution is -2.22. The van der Waals surface area contributed by atoms with Crippen LogP contribution in [0, 0.1) is 0 Å². The molecule has 19 heavy (non-hydrogen) atoms. The summed E-state index contributed by atoms with van der Waals surface area (Å²) in [6.07, 6.45) is 1.16. The van der Waals surface area contributed by atoms with Crippen LogP contribution in [0.15, 0.2) is 47.1 Å². The molecule has 0 bridgehead atoms. The zero-order valence-corrected chi connectivity index (χ0v) is 9.92. The average Bonchev–Trinajstić information content (AvgIpc) is 2.95. The summed E-state index contributed by atoms with van der Waals surface area (Å²) in [5.74, 6) is -1.29. The van der Waals surface area contributed by atoms with Crippen LogP contribution >= 0.6 is 0 Å². The van der Waals surface area contributed by atoms with Gasteiger partial charge in [-0.15, -0.1) is 0 Å². The van der Waals surface area contributed by atoms with Crippen LogP contribution in [-0.2, 0) is 6.54 Å². The van der Waals surface area contributed by atoms with Gasteiger partial charge in [0.25, 0.3) is 5.91 Å². The van der Waals surface area contributed by atoms with Crippen LogP contribution in [0.2, 0.25) is 0 Å². The molecular formula is C13H12N2O4. The van der Waals surface area contributed by atoms with E-state index >= 15 is 0 Å². The molecule has 2 amide bonds. The lowest BCUT2D eigenvalue weighted by atomic mass is 10.2. The molecule has 2 aromatic rings. The topological polar surface area (TPSA) is 91.6 Å². The van der Waals surface area contributed by atoms with Crippen molar-refractivity contribution in [1.82, 2.24) is 10.8 Å². The smallest absolute Gasteiger partial charge is 0.310 e. The predicted octanol–water partition coefficient (Wildman–Crippen LogP) is 1.33. The van der Waals surface area contributed by atoms with Gasteiger partial charge < -0.3 is 9.73 Å². The first-order valence-corrected chi connectivity index (χ1v) is 5.56. The molecule has 0 spiro atoms. The molecule has 0 saturated heterocycles. The first-order valence-electron chi connectivity index (χ1n) is 5.56. The van der Waals surface area contributed by atoms with Crippen molar-refractivity contribution in [1.29, 1.82) is 0 Å². The van der Waals surface area contributed by atoms with E-state index in [1.807, 2.05) is 30.3 Å². The van der Waals surface area contributed by atoms with Crippen LogP contribution in [0.5, 0.6) is 0 Å². The first-order chi connectivity index (χ1) is 9.20. The highest BCUT2D eigenvalue weighted by atomic mass is 16.5. The van der Waals surface area contributed by atoms with Crippen molar-refractivity contribution in [2.24, 2.45) is 0 Å². The Kier molecular flexibility index (Phi) is 3.94. The van der Waals surface area contributed by atoms with Gasteiger partial charge in [0.15, 0.2) is 5.76 Å². The summed E-state index contributed by atoms with van der Waals surface area (Å²) in [4.78, 5) is 22.8. The molecule has 98 valence electrons. The molecule has 6 nitrogen and oxygen atoms in total. The number of carbonyl (C=O) groups is 2. The average molecular weight is 260 g/mol. The van der Waals surface area contributed by atoms with Crippen molar-refractivity contribution in [2.45, 2.75) is 6.54 Å². The van der Waals surface area contributed by atoms with Crippen LogP contribution < -0.4 is 10.8 Å². The minimum atomic E-state index is -0.804. The number of furan rings is 1. The summed E-state index contributed by atoms with van der Waals surface area (Å²) in [6, 6.07) is 10.7. The van der Waals surface area contributed by atoms with E-state index in [-0.39, 0.29) is 17.2 Å². The second kappa shape index (κ2) is 5.83. The number of hydroxylamine groups is 1. The molecule has 6 heteroatoms. The number of amides is 2. The molecule has 0 aliphatic rings. The Labute approximate surface area is 109 Å². The van der Waals surface area contributed by atoms with E-state index < -0.39 is 5.91 Å². The quantitative estimate of drug-likeness (QED) is 0.571. The summed E-state index contributed by atoms with van der Waals surface area (Å²) < 4.78 is 4.86. The Hall–Kier alpha value is -2.60. The number of carbonyl (C=O) groups excluding carboxylic acids is 2. The SMILES string of the molecule is O=C(NCc1ccccc1)c1coc(C(=O)NO)c1. The Morgan fingerprint density at radius 3 is 2.58 bits per heavy atom. The molecule has 3 N–H and O–H groups in total. The number of rotatable bonds is 4. The largest absolute Gasteiger partial charge is 0.458 e. The third-order valence-electron chi connectivity index (χ3n) is 2.48.